The predicted octanol–water partition coefficient (Wildman–Crippen LogP) is 1.19. The lowest BCUT2D eigenvalue weighted by Crippen LogP contribution is -3.23. The van der Waals surface area contributed by atoms with Gasteiger partial charge in [0.05, 0.1) is 20.1 Å². The van der Waals surface area contributed by atoms with Crippen LogP contribution in [-0.4, -0.2) is 20.1 Å². The van der Waals surface area contributed by atoms with E-state index in [-0.39, 0.29) is 0 Å². The van der Waals surface area contributed by atoms with E-state index in [2.05, 4.69) is 52.6 Å². The van der Waals surface area contributed by atoms with Gasteiger partial charge in [-0.25, -0.2) is 0 Å². The molecule has 3 rings (SSSR count). The van der Waals surface area contributed by atoms with Gasteiger partial charge >= 0.3 is 0 Å². The van der Waals surface area contributed by atoms with Crippen molar-refractivity contribution in [3.8, 4) is 11.3 Å². The largest absolute Gasteiger partial charge is 0.448 e. The molecule has 1 unspecified atom stereocenters. The standard InChI is InChI=1S/C15H17BrN2O/c1-18-10-2-9-17-15(18)14-8-7-13(19-14)11-3-5-12(16)6-4-11/h3-8,15,17H,2,9-10H2,1H3/p+2/t15-/m1/s1. The number of nitrogens with one attached hydrogen (secondary N) is 1. The number of hydrogen-bond donors (Lipinski definition) is 2. The molecule has 1 saturated heterocycles. The molecule has 0 saturated carbocycles. The van der Waals surface area contributed by atoms with E-state index in [1.54, 1.807) is 0 Å². The van der Waals surface area contributed by atoms with Gasteiger partial charge < -0.3 is 4.42 Å². The minimum Gasteiger partial charge on any atom is -0.448 e. The zero-order valence-electron chi connectivity index (χ0n) is 11.0. The second-order valence-corrected chi connectivity index (χ2v) is 6.08. The number of hydrogen-bond acceptors (Lipinski definition) is 1. The molecule has 2 heterocycles. The Kier molecular flexibility index (Phi) is 3.73. The maximum atomic E-state index is 6.05. The van der Waals surface area contributed by atoms with E-state index in [0.717, 1.165) is 21.6 Å². The van der Waals surface area contributed by atoms with Crippen LogP contribution in [0.4, 0.5) is 0 Å². The van der Waals surface area contributed by atoms with Crippen molar-refractivity contribution in [1.82, 2.24) is 0 Å². The molecule has 3 nitrogen and oxygen atoms in total. The van der Waals surface area contributed by atoms with Crippen molar-refractivity contribution >= 4 is 15.9 Å². The van der Waals surface area contributed by atoms with Crippen LogP contribution >= 0.6 is 15.9 Å². The molecule has 1 aliphatic heterocycles. The molecule has 1 aromatic carbocycles. The summed E-state index contributed by atoms with van der Waals surface area (Å²) in [5.41, 5.74) is 1.13. The molecule has 100 valence electrons. The van der Waals surface area contributed by atoms with Crippen LogP contribution in [-0.2, 0) is 0 Å². The topological polar surface area (TPSA) is 34.2 Å². The molecule has 4 heteroatoms. The van der Waals surface area contributed by atoms with E-state index in [9.17, 15) is 0 Å². The molecule has 3 N–H and O–H groups in total. The quantitative estimate of drug-likeness (QED) is 0.855. The summed E-state index contributed by atoms with van der Waals surface area (Å²) in [5.74, 6) is 2.03. The van der Waals surface area contributed by atoms with Crippen molar-refractivity contribution in [1.29, 1.82) is 0 Å². The van der Waals surface area contributed by atoms with Crippen LogP contribution in [0.2, 0.25) is 0 Å². The number of halogens is 1. The minimum absolute atomic E-state index is 0.401. The summed E-state index contributed by atoms with van der Waals surface area (Å²) < 4.78 is 7.14. The van der Waals surface area contributed by atoms with Crippen LogP contribution < -0.4 is 10.2 Å². The minimum atomic E-state index is 0.401. The Morgan fingerprint density at radius 1 is 1.21 bits per heavy atom. The normalized spacial score (nSPS) is 23.5. The third kappa shape index (κ3) is 2.76. The van der Waals surface area contributed by atoms with Crippen molar-refractivity contribution in [2.75, 3.05) is 20.1 Å². The Hall–Kier alpha value is -1.10. The Morgan fingerprint density at radius 2 is 2.00 bits per heavy atom. The number of benzene rings is 1. The maximum Gasteiger partial charge on any atom is 0.271 e. The fourth-order valence-electron chi connectivity index (χ4n) is 2.67. The van der Waals surface area contributed by atoms with E-state index in [4.69, 9.17) is 4.42 Å². The molecule has 19 heavy (non-hydrogen) atoms. The molecule has 1 aromatic heterocycles. The van der Waals surface area contributed by atoms with Gasteiger partial charge in [0.25, 0.3) is 6.17 Å². The van der Waals surface area contributed by atoms with Crippen molar-refractivity contribution in [3.63, 3.8) is 0 Å². The Balaban J connectivity index is 1.84. The molecule has 1 fully saturated rings. The molecular weight excluding hydrogens is 304 g/mol. The third-order valence-corrected chi connectivity index (χ3v) is 4.30. The average Bonchev–Trinajstić information content (AvgIpc) is 2.89. The third-order valence-electron chi connectivity index (χ3n) is 3.77. The monoisotopic (exact) mass is 322 g/mol. The fraction of sp³-hybridized carbons (Fsp3) is 0.333. The van der Waals surface area contributed by atoms with Crippen molar-refractivity contribution in [3.05, 3.63) is 46.6 Å². The van der Waals surface area contributed by atoms with E-state index in [0.29, 0.717) is 6.17 Å². The highest BCUT2D eigenvalue weighted by Gasteiger charge is 2.30. The van der Waals surface area contributed by atoms with Gasteiger partial charge in [-0.2, -0.15) is 0 Å². The van der Waals surface area contributed by atoms with Gasteiger partial charge in [-0.3, -0.25) is 10.2 Å². The molecule has 0 spiro atoms. The number of nitrogens with two attached hydrogens (primary N) is 1. The van der Waals surface area contributed by atoms with Gasteiger partial charge in [0.15, 0.2) is 0 Å². The zero-order valence-corrected chi connectivity index (χ0v) is 12.6. The lowest BCUT2D eigenvalue weighted by atomic mass is 10.2. The van der Waals surface area contributed by atoms with Crippen LogP contribution in [0.15, 0.2) is 45.3 Å². The van der Waals surface area contributed by atoms with Crippen LogP contribution in [0.25, 0.3) is 11.3 Å². The number of quaternary nitrogens is 2. The maximum absolute atomic E-state index is 6.05. The van der Waals surface area contributed by atoms with E-state index in [1.165, 1.54) is 24.4 Å². The summed E-state index contributed by atoms with van der Waals surface area (Å²) in [6.45, 7) is 2.41. The van der Waals surface area contributed by atoms with Gasteiger partial charge in [0.1, 0.15) is 5.76 Å². The highest BCUT2D eigenvalue weighted by Crippen LogP contribution is 2.24. The molecule has 2 atom stereocenters. The Morgan fingerprint density at radius 3 is 2.74 bits per heavy atom. The van der Waals surface area contributed by atoms with Crippen molar-refractivity contribution in [2.45, 2.75) is 12.6 Å². The first kappa shape index (κ1) is 12.9. The van der Waals surface area contributed by atoms with Crippen LogP contribution in [0, 0.1) is 0 Å². The molecule has 0 aliphatic carbocycles. The molecule has 0 radical (unpaired) electrons. The summed E-state index contributed by atoms with van der Waals surface area (Å²) in [5, 5.41) is 2.38. The van der Waals surface area contributed by atoms with Gasteiger partial charge in [0, 0.05) is 16.5 Å². The number of rotatable bonds is 2. The summed E-state index contributed by atoms with van der Waals surface area (Å²) in [7, 11) is 2.24. The fourth-order valence-corrected chi connectivity index (χ4v) is 2.93. The van der Waals surface area contributed by atoms with Crippen molar-refractivity contribution in [2.24, 2.45) is 0 Å². The smallest absolute Gasteiger partial charge is 0.271 e. The van der Waals surface area contributed by atoms with Gasteiger partial charge in [0.2, 0.25) is 5.76 Å². The first-order chi connectivity index (χ1) is 9.24. The van der Waals surface area contributed by atoms with Crippen LogP contribution in [0.3, 0.4) is 0 Å². The lowest BCUT2D eigenvalue weighted by molar-refractivity contribution is -1.05. The molecule has 1 aliphatic rings. The summed E-state index contributed by atoms with van der Waals surface area (Å²) in [4.78, 5) is 1.52. The van der Waals surface area contributed by atoms with E-state index < -0.39 is 0 Å². The average molecular weight is 323 g/mol. The predicted molar refractivity (Wildman–Crippen MR) is 77.7 cm³/mol. The van der Waals surface area contributed by atoms with E-state index >= 15 is 0 Å². The van der Waals surface area contributed by atoms with Gasteiger partial charge in [-0.1, -0.05) is 28.1 Å². The first-order valence-corrected chi connectivity index (χ1v) is 7.54. The lowest BCUT2D eigenvalue weighted by Gasteiger charge is -2.25. The molecule has 0 amide bonds. The second-order valence-electron chi connectivity index (χ2n) is 5.16. The molecular formula is C15H19BrN2O+2. The van der Waals surface area contributed by atoms with Gasteiger partial charge in [-0.05, 0) is 24.3 Å². The van der Waals surface area contributed by atoms with Crippen LogP contribution in [0.5, 0.6) is 0 Å². The molecule has 2 aromatic rings. The second kappa shape index (κ2) is 5.49. The summed E-state index contributed by atoms with van der Waals surface area (Å²) >= 11 is 3.45. The highest BCUT2D eigenvalue weighted by molar-refractivity contribution is 9.10. The zero-order chi connectivity index (χ0) is 13.2. The summed E-state index contributed by atoms with van der Waals surface area (Å²) in [6, 6.07) is 12.4. The highest BCUT2D eigenvalue weighted by atomic mass is 79.9. The van der Waals surface area contributed by atoms with Crippen LogP contribution in [0.1, 0.15) is 18.3 Å². The Labute approximate surface area is 121 Å². The first-order valence-electron chi connectivity index (χ1n) is 6.75. The molecule has 0 bridgehead atoms. The van der Waals surface area contributed by atoms with Gasteiger partial charge in [-0.15, -0.1) is 0 Å². The van der Waals surface area contributed by atoms with E-state index in [1.807, 2.05) is 12.1 Å². The number of furan rings is 1. The Bertz CT molecular complexity index is 550. The SMILES string of the molecule is C[NH+]1CCC[NH2+][C@H]1c1ccc(-c2ccc(Br)cc2)o1. The van der Waals surface area contributed by atoms with Crippen molar-refractivity contribution < 1.29 is 14.6 Å². The summed E-state index contributed by atoms with van der Waals surface area (Å²) in [6.07, 6.45) is 1.68.